The van der Waals surface area contributed by atoms with E-state index < -0.39 is 4.92 Å². The molecule has 2 aromatic rings. The Morgan fingerprint density at radius 3 is 2.88 bits per heavy atom. The number of nitro benzene ring substituents is 1. The Morgan fingerprint density at radius 2 is 2.08 bits per heavy atom. The maximum atomic E-state index is 10.8. The van der Waals surface area contributed by atoms with Crippen molar-refractivity contribution in [3.63, 3.8) is 0 Å². The SMILES string of the molecule is C/C(=N/NC(=S)NCc1ccc2c(c1)OCO2)c1cccc([N+](=O)[O-])c1. The Kier molecular flexibility index (Phi) is 5.28. The van der Waals surface area contributed by atoms with E-state index in [-0.39, 0.29) is 12.5 Å². The number of rotatable bonds is 5. The van der Waals surface area contributed by atoms with Crippen LogP contribution in [0.1, 0.15) is 18.1 Å². The lowest BCUT2D eigenvalue weighted by atomic mass is 10.1. The summed E-state index contributed by atoms with van der Waals surface area (Å²) in [5.41, 5.74) is 4.96. The molecule has 0 bridgehead atoms. The Bertz CT molecular complexity index is 885. The number of hydrogen-bond acceptors (Lipinski definition) is 6. The fourth-order valence-electron chi connectivity index (χ4n) is 2.32. The lowest BCUT2D eigenvalue weighted by Gasteiger charge is -2.09. The summed E-state index contributed by atoms with van der Waals surface area (Å²) in [7, 11) is 0. The number of nitrogens with zero attached hydrogens (tertiary/aromatic N) is 2. The van der Waals surface area contributed by atoms with Gasteiger partial charge in [0.15, 0.2) is 16.6 Å². The van der Waals surface area contributed by atoms with Crippen molar-refractivity contribution in [3.05, 3.63) is 63.7 Å². The lowest BCUT2D eigenvalue weighted by molar-refractivity contribution is -0.384. The van der Waals surface area contributed by atoms with E-state index in [4.69, 9.17) is 21.7 Å². The number of thiocarbonyl (C=S) groups is 1. The number of benzene rings is 2. The van der Waals surface area contributed by atoms with Gasteiger partial charge < -0.3 is 14.8 Å². The summed E-state index contributed by atoms with van der Waals surface area (Å²) in [6, 6.07) is 11.9. The molecule has 0 radical (unpaired) electrons. The van der Waals surface area contributed by atoms with Crippen LogP contribution in [0, 0.1) is 10.1 Å². The van der Waals surface area contributed by atoms with Crippen LogP contribution >= 0.6 is 12.2 Å². The summed E-state index contributed by atoms with van der Waals surface area (Å²) in [6.07, 6.45) is 0. The molecule has 0 saturated heterocycles. The van der Waals surface area contributed by atoms with Crippen molar-refractivity contribution >= 4 is 28.7 Å². The van der Waals surface area contributed by atoms with Crippen molar-refractivity contribution in [3.8, 4) is 11.5 Å². The quantitative estimate of drug-likeness (QED) is 0.360. The molecule has 0 atom stereocenters. The maximum Gasteiger partial charge on any atom is 0.270 e. The highest BCUT2D eigenvalue weighted by Gasteiger charge is 2.13. The zero-order valence-electron chi connectivity index (χ0n) is 13.9. The molecule has 134 valence electrons. The average molecular weight is 372 g/mol. The van der Waals surface area contributed by atoms with Crippen LogP contribution < -0.4 is 20.2 Å². The first-order valence-corrected chi connectivity index (χ1v) is 8.15. The lowest BCUT2D eigenvalue weighted by Crippen LogP contribution is -2.32. The molecule has 9 heteroatoms. The van der Waals surface area contributed by atoms with Crippen molar-refractivity contribution < 1.29 is 14.4 Å². The first-order chi connectivity index (χ1) is 12.5. The van der Waals surface area contributed by atoms with E-state index in [0.29, 0.717) is 28.7 Å². The van der Waals surface area contributed by atoms with E-state index in [1.165, 1.54) is 12.1 Å². The van der Waals surface area contributed by atoms with Crippen LogP contribution in [0.3, 0.4) is 0 Å². The predicted octanol–water partition coefficient (Wildman–Crippen LogP) is 2.71. The van der Waals surface area contributed by atoms with Crippen molar-refractivity contribution in [1.29, 1.82) is 0 Å². The van der Waals surface area contributed by atoms with Gasteiger partial charge in [-0.3, -0.25) is 15.5 Å². The van der Waals surface area contributed by atoms with Crippen LogP contribution in [-0.2, 0) is 6.54 Å². The third-order valence-electron chi connectivity index (χ3n) is 3.69. The summed E-state index contributed by atoms with van der Waals surface area (Å²) in [6.45, 7) is 2.47. The molecule has 8 nitrogen and oxygen atoms in total. The standard InChI is InChI=1S/C17H16N4O4S/c1-11(13-3-2-4-14(8-13)21(22)23)19-20-17(26)18-9-12-5-6-15-16(7-12)25-10-24-15/h2-8H,9-10H2,1H3,(H2,18,20,26)/b19-11-. The van der Waals surface area contributed by atoms with Gasteiger partial charge in [0.05, 0.1) is 10.6 Å². The van der Waals surface area contributed by atoms with Crippen molar-refractivity contribution in [2.45, 2.75) is 13.5 Å². The minimum atomic E-state index is -0.443. The van der Waals surface area contributed by atoms with Gasteiger partial charge in [-0.05, 0) is 36.8 Å². The molecule has 2 N–H and O–H groups in total. The molecule has 0 amide bonds. The smallest absolute Gasteiger partial charge is 0.270 e. The molecule has 0 saturated carbocycles. The minimum Gasteiger partial charge on any atom is -0.454 e. The Labute approximate surface area is 155 Å². The molecule has 2 aromatic carbocycles. The van der Waals surface area contributed by atoms with E-state index in [9.17, 15) is 10.1 Å². The molecule has 0 fully saturated rings. The van der Waals surface area contributed by atoms with Crippen LogP contribution in [0.25, 0.3) is 0 Å². The van der Waals surface area contributed by atoms with E-state index in [2.05, 4.69) is 15.8 Å². The van der Waals surface area contributed by atoms with Crippen molar-refractivity contribution in [2.24, 2.45) is 5.10 Å². The van der Waals surface area contributed by atoms with E-state index in [1.54, 1.807) is 19.1 Å². The number of hydrazone groups is 1. The molecule has 0 aliphatic carbocycles. The van der Waals surface area contributed by atoms with Gasteiger partial charge in [0.1, 0.15) is 0 Å². The van der Waals surface area contributed by atoms with E-state index >= 15 is 0 Å². The number of nitro groups is 1. The molecular weight excluding hydrogens is 356 g/mol. The highest BCUT2D eigenvalue weighted by Crippen LogP contribution is 2.32. The highest BCUT2D eigenvalue weighted by atomic mass is 32.1. The summed E-state index contributed by atoms with van der Waals surface area (Å²) in [5, 5.41) is 18.4. The number of nitrogens with one attached hydrogen (secondary N) is 2. The summed E-state index contributed by atoms with van der Waals surface area (Å²) in [5.74, 6) is 1.44. The van der Waals surface area contributed by atoms with Gasteiger partial charge in [0, 0.05) is 24.2 Å². The van der Waals surface area contributed by atoms with Gasteiger partial charge >= 0.3 is 0 Å². The normalized spacial score (nSPS) is 12.6. The molecule has 3 rings (SSSR count). The molecule has 0 spiro atoms. The molecule has 1 heterocycles. The number of hydrogen-bond donors (Lipinski definition) is 2. The highest BCUT2D eigenvalue weighted by molar-refractivity contribution is 7.80. The zero-order chi connectivity index (χ0) is 18.5. The molecule has 26 heavy (non-hydrogen) atoms. The van der Waals surface area contributed by atoms with Gasteiger partial charge in [0.2, 0.25) is 6.79 Å². The fraction of sp³-hybridized carbons (Fsp3) is 0.176. The van der Waals surface area contributed by atoms with Crippen molar-refractivity contribution in [2.75, 3.05) is 6.79 Å². The fourth-order valence-corrected chi connectivity index (χ4v) is 2.43. The number of ether oxygens (including phenoxy) is 2. The van der Waals surface area contributed by atoms with Crippen molar-refractivity contribution in [1.82, 2.24) is 10.7 Å². The second-order valence-corrected chi connectivity index (χ2v) is 5.89. The second-order valence-electron chi connectivity index (χ2n) is 5.49. The average Bonchev–Trinajstić information content (AvgIpc) is 3.12. The Morgan fingerprint density at radius 1 is 1.27 bits per heavy atom. The van der Waals surface area contributed by atoms with Gasteiger partial charge in [-0.2, -0.15) is 5.10 Å². The van der Waals surface area contributed by atoms with E-state index in [0.717, 1.165) is 11.3 Å². The van der Waals surface area contributed by atoms with Gasteiger partial charge in [-0.25, -0.2) is 0 Å². The zero-order valence-corrected chi connectivity index (χ0v) is 14.7. The molecule has 1 aliphatic rings. The maximum absolute atomic E-state index is 10.8. The van der Waals surface area contributed by atoms with Gasteiger partial charge in [0.25, 0.3) is 5.69 Å². The topological polar surface area (TPSA) is 98.0 Å². The van der Waals surface area contributed by atoms with Gasteiger partial charge in [-0.15, -0.1) is 0 Å². The van der Waals surface area contributed by atoms with Crippen LogP contribution in [0.4, 0.5) is 5.69 Å². The van der Waals surface area contributed by atoms with Crippen LogP contribution in [0.15, 0.2) is 47.6 Å². The Hall–Kier alpha value is -3.20. The van der Waals surface area contributed by atoms with E-state index in [1.807, 2.05) is 18.2 Å². The third-order valence-corrected chi connectivity index (χ3v) is 3.93. The Balaban J connectivity index is 1.55. The molecule has 0 aromatic heterocycles. The number of fused-ring (bicyclic) bond motifs is 1. The molecular formula is C17H16N4O4S. The third kappa shape index (κ3) is 4.25. The van der Waals surface area contributed by atoms with Crippen LogP contribution in [-0.4, -0.2) is 22.5 Å². The first kappa shape index (κ1) is 17.6. The summed E-state index contributed by atoms with van der Waals surface area (Å²) in [4.78, 5) is 10.4. The predicted molar refractivity (Wildman–Crippen MR) is 100 cm³/mol. The summed E-state index contributed by atoms with van der Waals surface area (Å²) < 4.78 is 10.6. The van der Waals surface area contributed by atoms with Crippen LogP contribution in [0.2, 0.25) is 0 Å². The first-order valence-electron chi connectivity index (χ1n) is 7.74. The van der Waals surface area contributed by atoms with Gasteiger partial charge in [-0.1, -0.05) is 18.2 Å². The number of non-ortho nitro benzene ring substituents is 1. The summed E-state index contributed by atoms with van der Waals surface area (Å²) >= 11 is 5.19. The monoisotopic (exact) mass is 372 g/mol. The minimum absolute atomic E-state index is 0.0144. The van der Waals surface area contributed by atoms with Crippen LogP contribution in [0.5, 0.6) is 11.5 Å². The largest absolute Gasteiger partial charge is 0.454 e. The molecule has 0 unspecified atom stereocenters. The molecule has 1 aliphatic heterocycles. The second kappa shape index (κ2) is 7.79.